The van der Waals surface area contributed by atoms with Gasteiger partial charge in [-0.05, 0) is 95.9 Å². The molecule has 0 bridgehead atoms. The van der Waals surface area contributed by atoms with Crippen LogP contribution in [0.5, 0.6) is 0 Å². The van der Waals surface area contributed by atoms with Crippen LogP contribution in [0.3, 0.4) is 0 Å². The zero-order valence-corrected chi connectivity index (χ0v) is 21.4. The highest BCUT2D eigenvalue weighted by atomic mass is 17.2. The highest BCUT2D eigenvalue weighted by Crippen LogP contribution is 2.26. The molecule has 0 fully saturated rings. The van der Waals surface area contributed by atoms with Crippen molar-refractivity contribution < 1.29 is 19.6 Å². The Hall–Kier alpha value is -0.960. The molecule has 178 valence electrons. The molecule has 8 nitrogen and oxygen atoms in total. The number of rotatable bonds is 13. The molecule has 30 heavy (non-hydrogen) atoms. The van der Waals surface area contributed by atoms with Gasteiger partial charge in [-0.3, -0.25) is 0 Å². The molecule has 0 aliphatic heterocycles. The van der Waals surface area contributed by atoms with Gasteiger partial charge in [0, 0.05) is 0 Å². The molecule has 0 aromatic heterocycles. The minimum Gasteiger partial charge on any atom is -0.231 e. The van der Waals surface area contributed by atoms with Gasteiger partial charge in [0.2, 0.25) is 0 Å². The van der Waals surface area contributed by atoms with Crippen LogP contribution < -0.4 is 0 Å². The second-order valence-electron chi connectivity index (χ2n) is 11.2. The molecule has 0 heterocycles. The van der Waals surface area contributed by atoms with Crippen molar-refractivity contribution in [1.29, 1.82) is 0 Å². The third-order valence-electron chi connectivity index (χ3n) is 3.62. The van der Waals surface area contributed by atoms with E-state index in [1.54, 1.807) is 0 Å². The van der Waals surface area contributed by atoms with E-state index < -0.39 is 11.2 Å². The molecule has 0 rings (SSSR count). The van der Waals surface area contributed by atoms with Gasteiger partial charge in [0.25, 0.3) is 0 Å². The molecule has 0 aliphatic rings. The Morgan fingerprint density at radius 3 is 1.13 bits per heavy atom. The maximum atomic E-state index is 5.65. The van der Waals surface area contributed by atoms with Crippen molar-refractivity contribution in [3.8, 4) is 0 Å². The monoisotopic (exact) mass is 430 g/mol. The number of nitrogens with zero attached hydrogens (tertiary/aromatic N) is 4. The molecular formula is C22H46N4O4. The smallest absolute Gasteiger partial charge is 0.111 e. The van der Waals surface area contributed by atoms with Crippen LogP contribution in [0.4, 0.5) is 0 Å². The van der Waals surface area contributed by atoms with Crippen LogP contribution >= 0.6 is 0 Å². The number of hydrogen-bond acceptors (Lipinski definition) is 8. The summed E-state index contributed by atoms with van der Waals surface area (Å²) in [7, 11) is 0. The van der Waals surface area contributed by atoms with Gasteiger partial charge in [0.1, 0.15) is 12.2 Å². The van der Waals surface area contributed by atoms with Crippen LogP contribution in [0, 0.1) is 0 Å². The summed E-state index contributed by atoms with van der Waals surface area (Å²) in [6, 6.07) is 0. The lowest BCUT2D eigenvalue weighted by molar-refractivity contribution is -0.387. The minimum absolute atomic E-state index is 0.175. The predicted molar refractivity (Wildman–Crippen MR) is 120 cm³/mol. The van der Waals surface area contributed by atoms with Crippen molar-refractivity contribution in [2.75, 3.05) is 13.1 Å². The van der Waals surface area contributed by atoms with Crippen LogP contribution in [0.2, 0.25) is 0 Å². The van der Waals surface area contributed by atoms with Gasteiger partial charge < -0.3 is 0 Å². The van der Waals surface area contributed by atoms with Crippen molar-refractivity contribution >= 4 is 0 Å². The first kappa shape index (κ1) is 29.0. The summed E-state index contributed by atoms with van der Waals surface area (Å²) in [5.74, 6) is 0. The first-order valence-electron chi connectivity index (χ1n) is 10.9. The third kappa shape index (κ3) is 17.9. The van der Waals surface area contributed by atoms with E-state index in [-0.39, 0.29) is 23.3 Å². The topological polar surface area (TPSA) is 86.4 Å². The zero-order chi connectivity index (χ0) is 23.6. The first-order valence-corrected chi connectivity index (χ1v) is 10.9. The number of azo groups is 2. The van der Waals surface area contributed by atoms with E-state index >= 15 is 0 Å². The standard InChI is InChI=1S/C22H46N4O4/c1-17(15-23-25-19(3,4)5)27-29-21(9,10)13-14-22(11,12)30-28-18(2)16-24-26-20(6,7)8/h17-18H,13-16H2,1-12H3/b25-23+,26-24+. The van der Waals surface area contributed by atoms with E-state index in [9.17, 15) is 0 Å². The Labute approximate surface area is 184 Å². The summed E-state index contributed by atoms with van der Waals surface area (Å²) in [4.78, 5) is 22.3. The Bertz CT molecular complexity index is 486. The second-order valence-corrected chi connectivity index (χ2v) is 11.2. The predicted octanol–water partition coefficient (Wildman–Crippen LogP) is 6.50. The van der Waals surface area contributed by atoms with Crippen molar-refractivity contribution in [3.63, 3.8) is 0 Å². The lowest BCUT2D eigenvalue weighted by atomic mass is 9.94. The summed E-state index contributed by atoms with van der Waals surface area (Å²) in [5, 5.41) is 16.8. The molecule has 0 aliphatic carbocycles. The fourth-order valence-corrected chi connectivity index (χ4v) is 1.91. The van der Waals surface area contributed by atoms with E-state index in [4.69, 9.17) is 19.6 Å². The van der Waals surface area contributed by atoms with Gasteiger partial charge in [-0.1, -0.05) is 0 Å². The fourth-order valence-electron chi connectivity index (χ4n) is 1.91. The molecule has 0 aromatic carbocycles. The minimum atomic E-state index is -0.470. The van der Waals surface area contributed by atoms with Crippen LogP contribution in [-0.2, 0) is 19.6 Å². The molecule has 8 heteroatoms. The largest absolute Gasteiger partial charge is 0.231 e. The lowest BCUT2D eigenvalue weighted by Gasteiger charge is -2.30. The Morgan fingerprint density at radius 2 is 0.867 bits per heavy atom. The molecule has 0 aromatic rings. The van der Waals surface area contributed by atoms with Crippen LogP contribution in [0.1, 0.15) is 95.9 Å². The summed E-state index contributed by atoms with van der Waals surface area (Å²) in [6.07, 6.45) is 1.12. The SMILES string of the molecule is CC(C/N=N/C(C)(C)C)OOC(C)(C)CCC(C)(C)OOC(C)C/N=N/C(C)(C)C. The molecule has 0 radical (unpaired) electrons. The summed E-state index contributed by atoms with van der Waals surface area (Å²) in [5.41, 5.74) is -1.30. The lowest BCUT2D eigenvalue weighted by Crippen LogP contribution is -2.33. The van der Waals surface area contributed by atoms with Crippen LogP contribution in [0.15, 0.2) is 20.5 Å². The molecule has 0 N–H and O–H groups in total. The summed E-state index contributed by atoms with van der Waals surface area (Å²) in [6.45, 7) is 24.7. The normalized spacial score (nSPS) is 16.5. The van der Waals surface area contributed by atoms with E-state index in [1.165, 1.54) is 0 Å². The van der Waals surface area contributed by atoms with Gasteiger partial charge in [-0.2, -0.15) is 20.5 Å². The molecule has 2 unspecified atom stereocenters. The van der Waals surface area contributed by atoms with E-state index in [2.05, 4.69) is 20.5 Å². The quantitative estimate of drug-likeness (QED) is 0.190. The van der Waals surface area contributed by atoms with Crippen LogP contribution in [-0.4, -0.2) is 47.6 Å². The average Bonchev–Trinajstić information content (AvgIpc) is 2.55. The Kier molecular flexibility index (Phi) is 11.8. The molecule has 2 atom stereocenters. The molecule has 0 saturated heterocycles. The van der Waals surface area contributed by atoms with Gasteiger partial charge in [0.05, 0.1) is 35.4 Å². The van der Waals surface area contributed by atoms with Gasteiger partial charge in [0.15, 0.2) is 0 Å². The van der Waals surface area contributed by atoms with Crippen molar-refractivity contribution in [3.05, 3.63) is 0 Å². The molecule has 0 saturated carbocycles. The molecule has 0 amide bonds. The first-order chi connectivity index (χ1) is 13.4. The molecule has 0 spiro atoms. The van der Waals surface area contributed by atoms with Crippen LogP contribution in [0.25, 0.3) is 0 Å². The Morgan fingerprint density at radius 1 is 0.567 bits per heavy atom. The second kappa shape index (κ2) is 12.2. The Balaban J connectivity index is 4.29. The van der Waals surface area contributed by atoms with E-state index in [0.717, 1.165) is 12.8 Å². The van der Waals surface area contributed by atoms with E-state index in [1.807, 2.05) is 83.1 Å². The van der Waals surface area contributed by atoms with Crippen molar-refractivity contribution in [1.82, 2.24) is 0 Å². The summed E-state index contributed by atoms with van der Waals surface area (Å²) >= 11 is 0. The van der Waals surface area contributed by atoms with Gasteiger partial charge >= 0.3 is 0 Å². The third-order valence-corrected chi connectivity index (χ3v) is 3.62. The average molecular weight is 431 g/mol. The number of hydrogen-bond donors (Lipinski definition) is 0. The van der Waals surface area contributed by atoms with E-state index in [0.29, 0.717) is 13.1 Å². The summed E-state index contributed by atoms with van der Waals surface area (Å²) < 4.78 is 0. The van der Waals surface area contributed by atoms with Crippen molar-refractivity contribution in [2.24, 2.45) is 20.5 Å². The van der Waals surface area contributed by atoms with Crippen molar-refractivity contribution in [2.45, 2.75) is 130 Å². The highest BCUT2D eigenvalue weighted by Gasteiger charge is 2.28. The highest BCUT2D eigenvalue weighted by molar-refractivity contribution is 4.75. The maximum absolute atomic E-state index is 5.65. The zero-order valence-electron chi connectivity index (χ0n) is 21.4. The molecular weight excluding hydrogens is 384 g/mol. The van der Waals surface area contributed by atoms with Gasteiger partial charge in [-0.15, -0.1) is 0 Å². The maximum Gasteiger partial charge on any atom is 0.111 e. The van der Waals surface area contributed by atoms with Gasteiger partial charge in [-0.25, -0.2) is 19.6 Å². The fraction of sp³-hybridized carbons (Fsp3) is 1.00.